The van der Waals surface area contributed by atoms with Gasteiger partial charge in [0.15, 0.2) is 5.58 Å². The maximum atomic E-state index is 13.6. The van der Waals surface area contributed by atoms with Crippen LogP contribution in [0.3, 0.4) is 0 Å². The van der Waals surface area contributed by atoms with Crippen LogP contribution in [0, 0.1) is 17.6 Å². The summed E-state index contributed by atoms with van der Waals surface area (Å²) in [5.74, 6) is -0.0880. The van der Waals surface area contributed by atoms with Crippen molar-refractivity contribution in [2.75, 3.05) is 0 Å². The van der Waals surface area contributed by atoms with Gasteiger partial charge in [-0.3, -0.25) is 0 Å². The Hall–Kier alpha value is -2.60. The molecule has 0 saturated heterocycles. The van der Waals surface area contributed by atoms with Crippen LogP contribution in [0.15, 0.2) is 39.9 Å². The molecule has 0 aliphatic heterocycles. The smallest absolute Gasteiger partial charge is 0.227 e. The fourth-order valence-electron chi connectivity index (χ4n) is 2.17. The highest BCUT2D eigenvalue weighted by atomic mass is 19.1. The van der Waals surface area contributed by atoms with Crippen LogP contribution in [-0.2, 0) is 6.61 Å². The highest BCUT2D eigenvalue weighted by Crippen LogP contribution is 2.31. The standard InChI is InChI=1S/C15H11FN2O3/c1-8-10(3-2-4-11(8)16)15-17-13-5-9(7-19)12(18-20)6-14(13)21-15/h2-6,19H,7H2,1H3. The van der Waals surface area contributed by atoms with E-state index in [0.717, 1.165) is 0 Å². The third-order valence-electron chi connectivity index (χ3n) is 3.36. The summed E-state index contributed by atoms with van der Waals surface area (Å²) in [6.45, 7) is 1.31. The summed E-state index contributed by atoms with van der Waals surface area (Å²) < 4.78 is 19.2. The zero-order valence-corrected chi connectivity index (χ0v) is 11.1. The number of halogens is 1. The Morgan fingerprint density at radius 2 is 2.19 bits per heavy atom. The lowest BCUT2D eigenvalue weighted by Crippen LogP contribution is -1.87. The summed E-state index contributed by atoms with van der Waals surface area (Å²) in [7, 11) is 0. The molecule has 0 fully saturated rings. The second kappa shape index (κ2) is 5.06. The number of nitrogens with zero attached hydrogens (tertiary/aromatic N) is 2. The molecule has 0 radical (unpaired) electrons. The molecule has 0 unspecified atom stereocenters. The van der Waals surface area contributed by atoms with Gasteiger partial charge in [-0.1, -0.05) is 6.07 Å². The first-order valence-corrected chi connectivity index (χ1v) is 6.27. The lowest BCUT2D eigenvalue weighted by atomic mass is 10.1. The normalized spacial score (nSPS) is 11.0. The van der Waals surface area contributed by atoms with E-state index in [2.05, 4.69) is 10.2 Å². The number of oxazole rings is 1. The Morgan fingerprint density at radius 3 is 2.90 bits per heavy atom. The van der Waals surface area contributed by atoms with Gasteiger partial charge in [-0.15, -0.1) is 4.91 Å². The highest BCUT2D eigenvalue weighted by Gasteiger charge is 2.15. The first-order chi connectivity index (χ1) is 10.1. The van der Waals surface area contributed by atoms with E-state index in [0.29, 0.717) is 27.8 Å². The number of benzene rings is 2. The number of aliphatic hydroxyl groups is 1. The van der Waals surface area contributed by atoms with Crippen LogP contribution >= 0.6 is 0 Å². The summed E-state index contributed by atoms with van der Waals surface area (Å²) in [6.07, 6.45) is 0. The van der Waals surface area contributed by atoms with Gasteiger partial charge in [-0.25, -0.2) is 9.37 Å². The van der Waals surface area contributed by atoms with Crippen LogP contribution in [0.25, 0.3) is 22.6 Å². The zero-order valence-electron chi connectivity index (χ0n) is 11.1. The summed E-state index contributed by atoms with van der Waals surface area (Å²) in [5, 5.41) is 12.1. The fourth-order valence-corrected chi connectivity index (χ4v) is 2.17. The molecule has 0 aliphatic rings. The van der Waals surface area contributed by atoms with E-state index in [4.69, 9.17) is 4.42 Å². The van der Waals surface area contributed by atoms with Gasteiger partial charge in [0.25, 0.3) is 0 Å². The molecule has 6 heteroatoms. The molecule has 1 N–H and O–H groups in total. The summed E-state index contributed by atoms with van der Waals surface area (Å²) in [4.78, 5) is 15.0. The van der Waals surface area contributed by atoms with Crippen molar-refractivity contribution in [3.63, 3.8) is 0 Å². The van der Waals surface area contributed by atoms with Crippen LogP contribution < -0.4 is 0 Å². The first-order valence-electron chi connectivity index (χ1n) is 6.27. The van der Waals surface area contributed by atoms with Gasteiger partial charge in [0.2, 0.25) is 5.89 Å². The predicted molar refractivity (Wildman–Crippen MR) is 75.5 cm³/mol. The molecule has 21 heavy (non-hydrogen) atoms. The minimum Gasteiger partial charge on any atom is -0.436 e. The van der Waals surface area contributed by atoms with E-state index in [1.807, 2.05) is 0 Å². The van der Waals surface area contributed by atoms with E-state index in [9.17, 15) is 14.4 Å². The molecular weight excluding hydrogens is 275 g/mol. The molecule has 1 heterocycles. The van der Waals surface area contributed by atoms with E-state index in [-0.39, 0.29) is 24.0 Å². The van der Waals surface area contributed by atoms with Crippen molar-refractivity contribution in [3.8, 4) is 11.5 Å². The molecule has 3 aromatic rings. The van der Waals surface area contributed by atoms with Gasteiger partial charge in [0, 0.05) is 17.2 Å². The Bertz CT molecular complexity index is 842. The Kier molecular flexibility index (Phi) is 3.23. The molecular formula is C15H11FN2O3. The van der Waals surface area contributed by atoms with E-state index in [1.54, 1.807) is 19.1 Å². The van der Waals surface area contributed by atoms with Gasteiger partial charge in [-0.05, 0) is 35.9 Å². The minimum absolute atomic E-state index is 0.101. The molecule has 2 aromatic carbocycles. The molecule has 0 spiro atoms. The average Bonchev–Trinajstić information content (AvgIpc) is 2.90. The van der Waals surface area contributed by atoms with Gasteiger partial charge in [-0.2, -0.15) is 0 Å². The minimum atomic E-state index is -0.346. The second-order valence-corrected chi connectivity index (χ2v) is 4.63. The molecule has 0 atom stereocenters. The molecule has 0 aliphatic carbocycles. The Morgan fingerprint density at radius 1 is 1.38 bits per heavy atom. The molecule has 1 aromatic heterocycles. The van der Waals surface area contributed by atoms with Crippen molar-refractivity contribution in [1.29, 1.82) is 0 Å². The van der Waals surface area contributed by atoms with Crippen molar-refractivity contribution in [2.24, 2.45) is 5.18 Å². The van der Waals surface area contributed by atoms with Gasteiger partial charge in [0.05, 0.1) is 6.61 Å². The monoisotopic (exact) mass is 286 g/mol. The van der Waals surface area contributed by atoms with Crippen LogP contribution in [-0.4, -0.2) is 10.1 Å². The van der Waals surface area contributed by atoms with Crippen LogP contribution in [0.5, 0.6) is 0 Å². The van der Waals surface area contributed by atoms with Crippen molar-refractivity contribution in [1.82, 2.24) is 4.98 Å². The number of aromatic nitrogens is 1. The maximum absolute atomic E-state index is 13.6. The third kappa shape index (κ3) is 2.19. The first kappa shape index (κ1) is 13.4. The van der Waals surface area contributed by atoms with Gasteiger partial charge in [0.1, 0.15) is 17.0 Å². The number of rotatable bonds is 3. The number of nitroso groups, excluding NO2 is 1. The van der Waals surface area contributed by atoms with E-state index in [1.165, 1.54) is 18.2 Å². The number of aliphatic hydroxyl groups excluding tert-OH is 1. The molecule has 3 rings (SSSR count). The molecule has 0 amide bonds. The Labute approximate surface area is 119 Å². The van der Waals surface area contributed by atoms with Crippen molar-refractivity contribution >= 4 is 16.8 Å². The second-order valence-electron chi connectivity index (χ2n) is 4.63. The maximum Gasteiger partial charge on any atom is 0.227 e. The molecule has 106 valence electrons. The predicted octanol–water partition coefficient (Wildman–Crippen LogP) is 3.83. The summed E-state index contributed by atoms with van der Waals surface area (Å²) >= 11 is 0. The number of hydrogen-bond donors (Lipinski definition) is 1. The molecule has 0 bridgehead atoms. The third-order valence-corrected chi connectivity index (χ3v) is 3.36. The van der Waals surface area contributed by atoms with Gasteiger partial charge < -0.3 is 9.52 Å². The Balaban J connectivity index is 2.21. The SMILES string of the molecule is Cc1c(F)cccc1-c1nc2cc(CO)c(N=O)cc2o1. The number of hydrogen-bond acceptors (Lipinski definition) is 5. The van der Waals surface area contributed by atoms with Crippen LogP contribution in [0.4, 0.5) is 10.1 Å². The summed E-state index contributed by atoms with van der Waals surface area (Å²) in [5.41, 5.74) is 2.28. The largest absolute Gasteiger partial charge is 0.436 e. The molecule has 5 nitrogen and oxygen atoms in total. The summed E-state index contributed by atoms with van der Waals surface area (Å²) in [6, 6.07) is 7.59. The average molecular weight is 286 g/mol. The van der Waals surface area contributed by atoms with Crippen molar-refractivity contribution in [3.05, 3.63) is 52.2 Å². The lowest BCUT2D eigenvalue weighted by molar-refractivity contribution is 0.282. The number of fused-ring (bicyclic) bond motifs is 1. The molecule has 0 saturated carbocycles. The quantitative estimate of drug-likeness (QED) is 0.742. The zero-order chi connectivity index (χ0) is 15.0. The van der Waals surface area contributed by atoms with Crippen LogP contribution in [0.2, 0.25) is 0 Å². The van der Waals surface area contributed by atoms with E-state index < -0.39 is 0 Å². The topological polar surface area (TPSA) is 75.7 Å². The van der Waals surface area contributed by atoms with Crippen molar-refractivity contribution < 1.29 is 13.9 Å². The lowest BCUT2D eigenvalue weighted by Gasteiger charge is -2.01. The fraction of sp³-hybridized carbons (Fsp3) is 0.133. The van der Waals surface area contributed by atoms with Gasteiger partial charge >= 0.3 is 0 Å². The van der Waals surface area contributed by atoms with Crippen LogP contribution in [0.1, 0.15) is 11.1 Å². The van der Waals surface area contributed by atoms with Crippen molar-refractivity contribution in [2.45, 2.75) is 13.5 Å². The van der Waals surface area contributed by atoms with E-state index >= 15 is 0 Å². The highest BCUT2D eigenvalue weighted by molar-refractivity contribution is 5.81.